The quantitative estimate of drug-likeness (QED) is 0.333. The van der Waals surface area contributed by atoms with Crippen molar-refractivity contribution in [2.45, 2.75) is 57.2 Å². The van der Waals surface area contributed by atoms with Gasteiger partial charge in [-0.2, -0.15) is 5.26 Å². The number of fused-ring (bicyclic) bond motifs is 4. The summed E-state index contributed by atoms with van der Waals surface area (Å²) in [6, 6.07) is 1.70. The number of halogens is 2. The first-order chi connectivity index (χ1) is 16.4. The number of hydrogen-bond acceptors (Lipinski definition) is 8. The predicted octanol–water partition coefficient (Wildman–Crippen LogP) is 5.35. The normalized spacial score (nSPS) is 13.9. The van der Waals surface area contributed by atoms with E-state index in [4.69, 9.17) is 38.9 Å². The van der Waals surface area contributed by atoms with Crippen molar-refractivity contribution in [2.75, 3.05) is 18.7 Å². The molecule has 0 saturated carbocycles. The van der Waals surface area contributed by atoms with Gasteiger partial charge in [0.1, 0.15) is 21.5 Å². The molecule has 0 atom stereocenters. The lowest BCUT2D eigenvalue weighted by atomic mass is 9.95. The highest BCUT2D eigenvalue weighted by atomic mass is 35.5. The Bertz CT molecular complexity index is 1260. The van der Waals surface area contributed by atoms with Crippen LogP contribution in [-0.2, 0) is 36.3 Å². The Labute approximate surface area is 215 Å². The summed E-state index contributed by atoms with van der Waals surface area (Å²) >= 11 is 13.7. The topological polar surface area (TPSA) is 122 Å². The highest BCUT2D eigenvalue weighted by molar-refractivity contribution is 7.18. The molecule has 3 aromatic rings. The molecule has 0 aromatic carbocycles. The van der Waals surface area contributed by atoms with Crippen LogP contribution in [0.1, 0.15) is 62.7 Å². The van der Waals surface area contributed by atoms with E-state index in [1.807, 2.05) is 0 Å². The number of nitrogen functional groups attached to an aromatic ring is 1. The molecule has 182 valence electrons. The fraction of sp³-hybridized carbons (Fsp3) is 0.478. The summed E-state index contributed by atoms with van der Waals surface area (Å²) < 4.78 is 4.73. The number of ether oxygens (including phenoxy) is 1. The minimum atomic E-state index is -0.290. The third-order valence-electron chi connectivity index (χ3n) is 5.65. The number of nitriles is 1. The van der Waals surface area contributed by atoms with Crippen LogP contribution in [0.15, 0.2) is 4.79 Å². The summed E-state index contributed by atoms with van der Waals surface area (Å²) in [7, 11) is 1.40. The van der Waals surface area contributed by atoms with Crippen LogP contribution >= 0.6 is 45.9 Å². The number of anilines is 1. The Morgan fingerprint density at radius 2 is 1.71 bits per heavy atom. The lowest BCUT2D eigenvalue weighted by Gasteiger charge is -2.11. The van der Waals surface area contributed by atoms with Gasteiger partial charge in [0.15, 0.2) is 0 Å². The number of carbonyl (C=O) groups is 1. The van der Waals surface area contributed by atoms with Crippen LogP contribution < -0.4 is 11.3 Å². The molecule has 0 fully saturated rings. The average molecular weight is 542 g/mol. The molecular weight excluding hydrogens is 515 g/mol. The molecule has 7 nitrogen and oxygen atoms in total. The Balaban J connectivity index is 0.000000166. The Morgan fingerprint density at radius 1 is 1.12 bits per heavy atom. The maximum Gasteiger partial charge on any atom is 0.341 e. The first-order valence-electron chi connectivity index (χ1n) is 11.0. The molecule has 0 unspecified atom stereocenters. The summed E-state index contributed by atoms with van der Waals surface area (Å²) in [5, 5.41) is 8.91. The second-order valence-corrected chi connectivity index (χ2v) is 10.5. The van der Waals surface area contributed by atoms with Crippen molar-refractivity contribution in [1.82, 2.24) is 9.97 Å². The molecule has 11 heteroatoms. The van der Waals surface area contributed by atoms with Gasteiger partial charge in [0.05, 0.1) is 30.0 Å². The van der Waals surface area contributed by atoms with Crippen molar-refractivity contribution >= 4 is 67.1 Å². The van der Waals surface area contributed by atoms with Gasteiger partial charge in [-0.15, -0.1) is 45.9 Å². The molecule has 0 aliphatic heterocycles. The van der Waals surface area contributed by atoms with Gasteiger partial charge in [-0.1, -0.05) is 0 Å². The molecule has 0 bridgehead atoms. The zero-order chi connectivity index (χ0) is 24.7. The van der Waals surface area contributed by atoms with E-state index in [0.29, 0.717) is 16.4 Å². The van der Waals surface area contributed by atoms with Gasteiger partial charge in [0.2, 0.25) is 0 Å². The maximum atomic E-state index is 11.9. The lowest BCUT2D eigenvalue weighted by molar-refractivity contribution is 0.0601. The van der Waals surface area contributed by atoms with Gasteiger partial charge in [0.25, 0.3) is 5.56 Å². The van der Waals surface area contributed by atoms with Gasteiger partial charge in [0, 0.05) is 9.75 Å². The summed E-state index contributed by atoms with van der Waals surface area (Å²) in [5.41, 5.74) is 8.76. The van der Waals surface area contributed by atoms with Crippen LogP contribution in [-0.4, -0.2) is 28.9 Å². The number of aromatic amines is 1. The maximum absolute atomic E-state index is 11.9. The molecule has 34 heavy (non-hydrogen) atoms. The first-order valence-corrected chi connectivity index (χ1v) is 13.7. The number of esters is 1. The van der Waals surface area contributed by atoms with Crippen LogP contribution in [0.3, 0.4) is 0 Å². The average Bonchev–Trinajstić information content (AvgIpc) is 3.40. The number of carbonyl (C=O) groups excluding carboxylic acids is 1. The SMILES string of the molecule is COC(=O)c1c(N)sc2c1CCCC2.N#CCCl.O=c1[nH]c(CCl)nc2sc3c(c12)CCCC3. The molecule has 2 aliphatic carbocycles. The number of aryl methyl sites for hydroxylation is 3. The number of thiophene rings is 2. The summed E-state index contributed by atoms with van der Waals surface area (Å²) in [6.45, 7) is 0. The van der Waals surface area contributed by atoms with E-state index >= 15 is 0 Å². The van der Waals surface area contributed by atoms with Crippen LogP contribution in [0.25, 0.3) is 10.2 Å². The van der Waals surface area contributed by atoms with Crippen molar-refractivity contribution in [3.05, 3.63) is 42.6 Å². The van der Waals surface area contributed by atoms with E-state index < -0.39 is 0 Å². The van der Waals surface area contributed by atoms with E-state index in [9.17, 15) is 9.59 Å². The number of H-pyrrole nitrogens is 1. The standard InChI is InChI=1S/C11H11ClN2OS.C10H13NO2S.C2H2ClN/c12-5-8-13-10(15)9-6-3-1-2-4-7(6)16-11(9)14-8;1-13-10(12)8-6-4-2-3-5-7(6)14-9(8)11;3-1-2-4/h1-5H2,(H,13,14,15);2-5,11H2,1H3;1H2. The summed E-state index contributed by atoms with van der Waals surface area (Å²) in [5.74, 6) is 0.632. The second-order valence-electron chi connectivity index (χ2n) is 7.77. The molecular formula is C23H26Cl2N4O3S2. The smallest absolute Gasteiger partial charge is 0.341 e. The zero-order valence-electron chi connectivity index (χ0n) is 18.8. The van der Waals surface area contributed by atoms with Crippen molar-refractivity contribution in [3.63, 3.8) is 0 Å². The Hall–Kier alpha value is -2.12. The van der Waals surface area contributed by atoms with Crippen molar-refractivity contribution in [2.24, 2.45) is 0 Å². The third kappa shape index (κ3) is 5.92. The number of rotatable bonds is 2. The van der Waals surface area contributed by atoms with Crippen LogP contribution in [0.5, 0.6) is 0 Å². The van der Waals surface area contributed by atoms with Crippen molar-refractivity contribution in [3.8, 4) is 6.07 Å². The Kier molecular flexibility index (Phi) is 9.77. The second kappa shape index (κ2) is 12.5. The van der Waals surface area contributed by atoms with Gasteiger partial charge in [-0.25, -0.2) is 9.78 Å². The third-order valence-corrected chi connectivity index (χ3v) is 8.33. The lowest BCUT2D eigenvalue weighted by Crippen LogP contribution is -2.12. The highest BCUT2D eigenvalue weighted by Crippen LogP contribution is 2.36. The van der Waals surface area contributed by atoms with Gasteiger partial charge in [-0.05, 0) is 62.5 Å². The van der Waals surface area contributed by atoms with E-state index in [-0.39, 0.29) is 23.3 Å². The van der Waals surface area contributed by atoms with Crippen LogP contribution in [0.2, 0.25) is 0 Å². The van der Waals surface area contributed by atoms with Crippen LogP contribution in [0.4, 0.5) is 5.00 Å². The minimum Gasteiger partial charge on any atom is -0.465 e. The monoisotopic (exact) mass is 540 g/mol. The van der Waals surface area contributed by atoms with Gasteiger partial charge >= 0.3 is 5.97 Å². The summed E-state index contributed by atoms with van der Waals surface area (Å²) in [4.78, 5) is 34.0. The van der Waals surface area contributed by atoms with Crippen molar-refractivity contribution in [1.29, 1.82) is 5.26 Å². The minimum absolute atomic E-state index is 0.0277. The van der Waals surface area contributed by atoms with Crippen molar-refractivity contribution < 1.29 is 9.53 Å². The molecule has 3 N–H and O–H groups in total. The molecule has 0 spiro atoms. The van der Waals surface area contributed by atoms with E-state index in [1.54, 1.807) is 17.4 Å². The molecule has 3 aromatic heterocycles. The van der Waals surface area contributed by atoms with E-state index in [0.717, 1.165) is 47.9 Å². The fourth-order valence-corrected chi connectivity index (χ4v) is 6.74. The molecule has 3 heterocycles. The highest BCUT2D eigenvalue weighted by Gasteiger charge is 2.24. The summed E-state index contributed by atoms with van der Waals surface area (Å²) in [6.07, 6.45) is 8.87. The fourth-order valence-electron chi connectivity index (χ4n) is 4.18. The van der Waals surface area contributed by atoms with E-state index in [2.05, 4.69) is 9.97 Å². The molecule has 0 amide bonds. The molecule has 5 rings (SSSR count). The number of nitrogens with two attached hydrogens (primary N) is 1. The van der Waals surface area contributed by atoms with Gasteiger partial charge < -0.3 is 15.5 Å². The number of alkyl halides is 2. The number of nitrogens with one attached hydrogen (secondary N) is 1. The Morgan fingerprint density at radius 3 is 2.29 bits per heavy atom. The van der Waals surface area contributed by atoms with Crippen LogP contribution in [0, 0.1) is 11.3 Å². The molecule has 0 radical (unpaired) electrons. The number of methoxy groups -OCH3 is 1. The largest absolute Gasteiger partial charge is 0.465 e. The first kappa shape index (κ1) is 26.5. The van der Waals surface area contributed by atoms with E-state index in [1.165, 1.54) is 53.0 Å². The number of aromatic nitrogens is 2. The zero-order valence-corrected chi connectivity index (χ0v) is 22.0. The van der Waals surface area contributed by atoms with Gasteiger partial charge in [-0.3, -0.25) is 4.79 Å². The molecule has 0 saturated heterocycles. The number of nitrogens with zero attached hydrogens (tertiary/aromatic N) is 2. The predicted molar refractivity (Wildman–Crippen MR) is 139 cm³/mol. The number of hydrogen-bond donors (Lipinski definition) is 2. The molecule has 2 aliphatic rings.